The second kappa shape index (κ2) is 6.20. The molecule has 1 saturated carbocycles. The average Bonchev–Trinajstić information content (AvgIpc) is 3.17. The molecule has 0 amide bonds. The molecule has 8 heteroatoms. The SMILES string of the molecule is CC(C)(C)OC(=O)C1CC1(N)C(=O)OCc1ccc([N+](=O)[O-])cc1. The highest BCUT2D eigenvalue weighted by Gasteiger charge is 2.63. The summed E-state index contributed by atoms with van der Waals surface area (Å²) in [6, 6.07) is 5.63. The maximum Gasteiger partial charge on any atom is 0.327 e. The van der Waals surface area contributed by atoms with Gasteiger partial charge in [0.1, 0.15) is 17.7 Å². The minimum Gasteiger partial charge on any atom is -0.460 e. The van der Waals surface area contributed by atoms with Gasteiger partial charge in [-0.1, -0.05) is 0 Å². The van der Waals surface area contributed by atoms with E-state index in [0.717, 1.165) is 0 Å². The van der Waals surface area contributed by atoms with Crippen LogP contribution in [0.2, 0.25) is 0 Å². The van der Waals surface area contributed by atoms with Crippen LogP contribution in [0, 0.1) is 16.0 Å². The number of esters is 2. The van der Waals surface area contributed by atoms with Gasteiger partial charge in [-0.3, -0.25) is 19.7 Å². The van der Waals surface area contributed by atoms with Gasteiger partial charge in [0.05, 0.1) is 10.8 Å². The van der Waals surface area contributed by atoms with E-state index in [1.165, 1.54) is 24.3 Å². The second-order valence-corrected chi connectivity index (χ2v) is 6.83. The number of hydrogen-bond acceptors (Lipinski definition) is 7. The minimum absolute atomic E-state index is 0.0486. The number of nitro groups is 1. The number of rotatable bonds is 5. The molecule has 2 atom stereocenters. The van der Waals surface area contributed by atoms with Crippen LogP contribution in [0.3, 0.4) is 0 Å². The average molecular weight is 336 g/mol. The molecule has 0 spiro atoms. The van der Waals surface area contributed by atoms with Crippen molar-refractivity contribution < 1.29 is 24.0 Å². The van der Waals surface area contributed by atoms with E-state index in [2.05, 4.69) is 0 Å². The van der Waals surface area contributed by atoms with Gasteiger partial charge < -0.3 is 15.2 Å². The quantitative estimate of drug-likeness (QED) is 0.493. The first-order chi connectivity index (χ1) is 11.0. The lowest BCUT2D eigenvalue weighted by Crippen LogP contribution is -2.40. The Morgan fingerprint density at radius 3 is 2.42 bits per heavy atom. The Kier molecular flexibility index (Phi) is 4.61. The highest BCUT2D eigenvalue weighted by atomic mass is 16.6. The lowest BCUT2D eigenvalue weighted by Gasteiger charge is -2.20. The number of hydrogen-bond donors (Lipinski definition) is 1. The summed E-state index contributed by atoms with van der Waals surface area (Å²) in [4.78, 5) is 34.1. The van der Waals surface area contributed by atoms with Gasteiger partial charge in [0.25, 0.3) is 5.69 Å². The topological polar surface area (TPSA) is 122 Å². The summed E-state index contributed by atoms with van der Waals surface area (Å²) in [5.41, 5.74) is 4.45. The molecule has 0 heterocycles. The Hall–Kier alpha value is -2.48. The van der Waals surface area contributed by atoms with E-state index in [1.807, 2.05) is 0 Å². The van der Waals surface area contributed by atoms with Crippen molar-refractivity contribution in [3.05, 3.63) is 39.9 Å². The summed E-state index contributed by atoms with van der Waals surface area (Å²) >= 11 is 0. The second-order valence-electron chi connectivity index (χ2n) is 6.83. The Balaban J connectivity index is 1.89. The third-order valence-electron chi connectivity index (χ3n) is 3.59. The molecule has 0 aliphatic heterocycles. The number of carbonyl (C=O) groups excluding carboxylic acids is 2. The van der Waals surface area contributed by atoms with Crippen molar-refractivity contribution in [3.63, 3.8) is 0 Å². The highest BCUT2D eigenvalue weighted by Crippen LogP contribution is 2.43. The first-order valence-corrected chi connectivity index (χ1v) is 7.45. The minimum atomic E-state index is -1.36. The van der Waals surface area contributed by atoms with E-state index in [9.17, 15) is 19.7 Å². The van der Waals surface area contributed by atoms with Gasteiger partial charge in [0, 0.05) is 12.1 Å². The van der Waals surface area contributed by atoms with E-state index >= 15 is 0 Å². The van der Waals surface area contributed by atoms with Crippen LogP contribution in [0.25, 0.3) is 0 Å². The Morgan fingerprint density at radius 1 is 1.33 bits per heavy atom. The molecule has 1 fully saturated rings. The summed E-state index contributed by atoms with van der Waals surface area (Å²) in [6.07, 6.45) is 0.182. The number of nitrogens with two attached hydrogens (primary N) is 1. The number of benzene rings is 1. The fourth-order valence-corrected chi connectivity index (χ4v) is 2.17. The zero-order valence-corrected chi connectivity index (χ0v) is 13.8. The van der Waals surface area contributed by atoms with Crippen molar-refractivity contribution in [2.75, 3.05) is 0 Å². The molecular formula is C16H20N2O6. The number of ether oxygens (including phenoxy) is 2. The van der Waals surface area contributed by atoms with Crippen molar-refractivity contribution in [2.24, 2.45) is 11.7 Å². The largest absolute Gasteiger partial charge is 0.460 e. The molecule has 1 aliphatic carbocycles. The van der Waals surface area contributed by atoms with Crippen molar-refractivity contribution >= 4 is 17.6 Å². The van der Waals surface area contributed by atoms with E-state index in [4.69, 9.17) is 15.2 Å². The molecule has 1 aromatic carbocycles. The van der Waals surface area contributed by atoms with Crippen LogP contribution in [0.15, 0.2) is 24.3 Å². The van der Waals surface area contributed by atoms with Crippen LogP contribution in [0.1, 0.15) is 32.8 Å². The molecule has 0 bridgehead atoms. The van der Waals surface area contributed by atoms with Crippen molar-refractivity contribution in [3.8, 4) is 0 Å². The third kappa shape index (κ3) is 4.08. The third-order valence-corrected chi connectivity index (χ3v) is 3.59. The zero-order valence-electron chi connectivity index (χ0n) is 13.8. The van der Waals surface area contributed by atoms with Gasteiger partial charge in [-0.05, 0) is 44.9 Å². The molecule has 0 aromatic heterocycles. The maximum atomic E-state index is 12.1. The number of nitro benzene ring substituents is 1. The van der Waals surface area contributed by atoms with Crippen LogP contribution in [0.4, 0.5) is 5.69 Å². The molecule has 1 aromatic rings. The molecule has 0 saturated heterocycles. The van der Waals surface area contributed by atoms with Gasteiger partial charge in [-0.15, -0.1) is 0 Å². The maximum absolute atomic E-state index is 12.1. The summed E-state index contributed by atoms with van der Waals surface area (Å²) in [5.74, 6) is -1.91. The number of carbonyl (C=O) groups is 2. The van der Waals surface area contributed by atoms with Crippen LogP contribution >= 0.6 is 0 Å². The summed E-state index contributed by atoms with van der Waals surface area (Å²) in [5, 5.41) is 10.6. The molecule has 24 heavy (non-hydrogen) atoms. The summed E-state index contributed by atoms with van der Waals surface area (Å²) in [7, 11) is 0. The van der Waals surface area contributed by atoms with Gasteiger partial charge >= 0.3 is 11.9 Å². The molecule has 2 rings (SSSR count). The standard InChI is InChI=1S/C16H20N2O6/c1-15(2,3)24-13(19)12-8-16(12,17)14(20)23-9-10-4-6-11(7-5-10)18(21)22/h4-7,12H,8-9,17H2,1-3H3. The van der Waals surface area contributed by atoms with E-state index < -0.39 is 33.9 Å². The van der Waals surface area contributed by atoms with Gasteiger partial charge in [0.15, 0.2) is 0 Å². The van der Waals surface area contributed by atoms with Crippen LogP contribution in [-0.4, -0.2) is 28.0 Å². The molecule has 8 nitrogen and oxygen atoms in total. The summed E-state index contributed by atoms with van der Waals surface area (Å²) < 4.78 is 10.3. The van der Waals surface area contributed by atoms with Gasteiger partial charge in [0.2, 0.25) is 0 Å². The zero-order chi connectivity index (χ0) is 18.1. The predicted molar refractivity (Wildman–Crippen MR) is 83.8 cm³/mol. The number of non-ortho nitro benzene ring substituents is 1. The monoisotopic (exact) mass is 336 g/mol. The summed E-state index contributed by atoms with van der Waals surface area (Å²) in [6.45, 7) is 5.13. The normalized spacial score (nSPS) is 22.6. The van der Waals surface area contributed by atoms with E-state index in [1.54, 1.807) is 20.8 Å². The highest BCUT2D eigenvalue weighted by molar-refractivity contribution is 5.94. The Bertz CT molecular complexity index is 664. The lowest BCUT2D eigenvalue weighted by atomic mass is 10.1. The molecular weight excluding hydrogens is 316 g/mol. The lowest BCUT2D eigenvalue weighted by molar-refractivity contribution is -0.384. The molecule has 130 valence electrons. The van der Waals surface area contributed by atoms with Crippen molar-refractivity contribution in [1.82, 2.24) is 0 Å². The van der Waals surface area contributed by atoms with E-state index in [-0.39, 0.29) is 18.7 Å². The van der Waals surface area contributed by atoms with Gasteiger partial charge in [-0.25, -0.2) is 0 Å². The van der Waals surface area contributed by atoms with Crippen LogP contribution < -0.4 is 5.73 Å². The fraction of sp³-hybridized carbons (Fsp3) is 0.500. The van der Waals surface area contributed by atoms with Crippen LogP contribution in [-0.2, 0) is 25.7 Å². The predicted octanol–water partition coefficient (Wildman–Crippen LogP) is 1.70. The first kappa shape index (κ1) is 17.9. The van der Waals surface area contributed by atoms with E-state index in [0.29, 0.717) is 5.56 Å². The van der Waals surface area contributed by atoms with Crippen LogP contribution in [0.5, 0.6) is 0 Å². The van der Waals surface area contributed by atoms with Gasteiger partial charge in [-0.2, -0.15) is 0 Å². The van der Waals surface area contributed by atoms with Crippen molar-refractivity contribution in [1.29, 1.82) is 0 Å². The molecule has 0 radical (unpaired) electrons. The van der Waals surface area contributed by atoms with Crippen molar-refractivity contribution in [2.45, 2.75) is 44.9 Å². The molecule has 2 N–H and O–H groups in total. The number of nitrogens with zero attached hydrogens (tertiary/aromatic N) is 1. The fourth-order valence-electron chi connectivity index (χ4n) is 2.17. The first-order valence-electron chi connectivity index (χ1n) is 7.45. The molecule has 2 unspecified atom stereocenters. The Morgan fingerprint density at radius 2 is 1.92 bits per heavy atom. The Labute approximate surface area is 139 Å². The molecule has 1 aliphatic rings. The smallest absolute Gasteiger partial charge is 0.327 e.